The number of carbonyl (C=O) groups excluding carboxylic acids is 4. The summed E-state index contributed by atoms with van der Waals surface area (Å²) >= 11 is 0. The van der Waals surface area contributed by atoms with Crippen molar-refractivity contribution in [3.63, 3.8) is 0 Å². The quantitative estimate of drug-likeness (QED) is 0.495. The molecule has 8 heteroatoms. The summed E-state index contributed by atoms with van der Waals surface area (Å²) in [6.07, 6.45) is -0.391. The van der Waals surface area contributed by atoms with Gasteiger partial charge in [0.2, 0.25) is 0 Å². The number of ketones is 2. The second kappa shape index (κ2) is 12.1. The number of rotatable bonds is 11. The SMILES string of the molecule is CCC(C)[C@H](NC(=O)OCCC(C)(C)OC(=O)N[C@H](C(C)=O)C(C)C)C(=O)C(C)(C)C. The van der Waals surface area contributed by atoms with Crippen LogP contribution in [0.3, 0.4) is 0 Å². The molecule has 3 atom stereocenters. The van der Waals surface area contributed by atoms with E-state index in [1.807, 2.05) is 48.5 Å². The van der Waals surface area contributed by atoms with Crippen LogP contribution in [0.4, 0.5) is 9.59 Å². The smallest absolute Gasteiger partial charge is 0.408 e. The van der Waals surface area contributed by atoms with Gasteiger partial charge in [0.15, 0.2) is 11.6 Å². The molecule has 31 heavy (non-hydrogen) atoms. The molecule has 0 saturated heterocycles. The highest BCUT2D eigenvalue weighted by Gasteiger charge is 2.34. The van der Waals surface area contributed by atoms with Crippen LogP contribution in [0, 0.1) is 17.3 Å². The minimum absolute atomic E-state index is 0.00334. The predicted octanol–water partition coefficient (Wildman–Crippen LogP) is 4.25. The van der Waals surface area contributed by atoms with E-state index in [0.29, 0.717) is 0 Å². The Bertz CT molecular complexity index is 636. The number of alkyl carbamates (subject to hydrolysis) is 2. The molecule has 2 N–H and O–H groups in total. The van der Waals surface area contributed by atoms with Gasteiger partial charge in [-0.1, -0.05) is 54.9 Å². The van der Waals surface area contributed by atoms with Crippen molar-refractivity contribution in [1.82, 2.24) is 10.6 Å². The number of amides is 2. The van der Waals surface area contributed by atoms with Crippen molar-refractivity contribution in [1.29, 1.82) is 0 Å². The summed E-state index contributed by atoms with van der Waals surface area (Å²) in [5.74, 6) is -0.290. The summed E-state index contributed by atoms with van der Waals surface area (Å²) in [4.78, 5) is 48.7. The maximum absolute atomic E-state index is 12.7. The summed E-state index contributed by atoms with van der Waals surface area (Å²) in [5, 5.41) is 5.26. The van der Waals surface area contributed by atoms with E-state index in [1.165, 1.54) is 6.92 Å². The van der Waals surface area contributed by atoms with Crippen LogP contribution in [0.1, 0.15) is 82.1 Å². The first-order valence-corrected chi connectivity index (χ1v) is 11.0. The molecule has 0 aromatic heterocycles. The van der Waals surface area contributed by atoms with Crippen LogP contribution in [0.25, 0.3) is 0 Å². The number of hydrogen-bond donors (Lipinski definition) is 2. The lowest BCUT2D eigenvalue weighted by molar-refractivity contribution is -0.129. The fourth-order valence-corrected chi connectivity index (χ4v) is 2.92. The third-order valence-electron chi connectivity index (χ3n) is 5.19. The molecule has 0 heterocycles. The highest BCUT2D eigenvalue weighted by Crippen LogP contribution is 2.22. The van der Waals surface area contributed by atoms with Gasteiger partial charge in [-0.2, -0.15) is 0 Å². The van der Waals surface area contributed by atoms with Crippen molar-refractivity contribution in [3.05, 3.63) is 0 Å². The van der Waals surface area contributed by atoms with Crippen molar-refractivity contribution < 1.29 is 28.7 Å². The fourth-order valence-electron chi connectivity index (χ4n) is 2.92. The third kappa shape index (κ3) is 10.6. The number of ether oxygens (including phenoxy) is 2. The lowest BCUT2D eigenvalue weighted by atomic mass is 9.81. The average molecular weight is 443 g/mol. The molecule has 2 amide bonds. The topological polar surface area (TPSA) is 111 Å². The number of carbonyl (C=O) groups is 4. The van der Waals surface area contributed by atoms with Gasteiger partial charge in [0.25, 0.3) is 0 Å². The minimum Gasteiger partial charge on any atom is -0.449 e. The van der Waals surface area contributed by atoms with Crippen molar-refractivity contribution in [2.45, 2.75) is 99.8 Å². The molecule has 0 aliphatic rings. The molecule has 0 rings (SSSR count). The average Bonchev–Trinajstić information content (AvgIpc) is 2.61. The van der Waals surface area contributed by atoms with Gasteiger partial charge in [-0.15, -0.1) is 0 Å². The van der Waals surface area contributed by atoms with E-state index in [0.717, 1.165) is 6.42 Å². The van der Waals surface area contributed by atoms with Crippen molar-refractivity contribution in [2.24, 2.45) is 17.3 Å². The molecule has 0 spiro atoms. The fraction of sp³-hybridized carbons (Fsp3) is 0.826. The molecule has 180 valence electrons. The van der Waals surface area contributed by atoms with Gasteiger partial charge in [0.1, 0.15) is 5.60 Å². The molecular formula is C23H42N2O6. The Morgan fingerprint density at radius 3 is 1.81 bits per heavy atom. The Hall–Kier alpha value is -2.12. The van der Waals surface area contributed by atoms with Gasteiger partial charge in [-0.05, 0) is 32.6 Å². The Morgan fingerprint density at radius 1 is 0.871 bits per heavy atom. The van der Waals surface area contributed by atoms with Gasteiger partial charge >= 0.3 is 12.2 Å². The largest absolute Gasteiger partial charge is 0.449 e. The molecule has 0 radical (unpaired) electrons. The predicted molar refractivity (Wildman–Crippen MR) is 120 cm³/mol. The second-order valence-electron chi connectivity index (χ2n) is 10.1. The van der Waals surface area contributed by atoms with Crippen LogP contribution in [0.2, 0.25) is 0 Å². The van der Waals surface area contributed by atoms with Crippen LogP contribution in [-0.4, -0.2) is 48.0 Å². The monoisotopic (exact) mass is 442 g/mol. The maximum Gasteiger partial charge on any atom is 0.408 e. The van der Waals surface area contributed by atoms with E-state index in [-0.39, 0.29) is 36.4 Å². The van der Waals surface area contributed by atoms with Crippen molar-refractivity contribution in [3.8, 4) is 0 Å². The zero-order chi connectivity index (χ0) is 24.6. The summed E-state index contributed by atoms with van der Waals surface area (Å²) in [6.45, 7) is 17.8. The van der Waals surface area contributed by atoms with Gasteiger partial charge in [0.05, 0.1) is 18.7 Å². The van der Waals surface area contributed by atoms with Crippen molar-refractivity contribution >= 4 is 23.8 Å². The molecular weight excluding hydrogens is 400 g/mol. The number of nitrogens with one attached hydrogen (secondary N) is 2. The normalized spacial score (nSPS) is 14.9. The summed E-state index contributed by atoms with van der Waals surface area (Å²) < 4.78 is 10.6. The van der Waals surface area contributed by atoms with E-state index in [2.05, 4.69) is 10.6 Å². The molecule has 0 aromatic carbocycles. The van der Waals surface area contributed by atoms with E-state index < -0.39 is 35.3 Å². The standard InChI is InChI=1S/C23H42N2O6/c1-11-15(4)18(19(27)22(6,7)8)25-20(28)30-13-12-23(9,10)31-21(29)24-17(14(2)3)16(5)26/h14-15,17-18H,11-13H2,1-10H3,(H,24,29)(H,25,28)/t15?,17-,18-/m0/s1. The molecule has 0 aromatic rings. The van der Waals surface area contributed by atoms with Crippen LogP contribution < -0.4 is 10.6 Å². The van der Waals surface area contributed by atoms with Gasteiger partial charge in [-0.3, -0.25) is 9.59 Å². The van der Waals surface area contributed by atoms with Crippen LogP contribution in [0.5, 0.6) is 0 Å². The Labute approximate surface area is 187 Å². The number of hydrogen-bond acceptors (Lipinski definition) is 6. The molecule has 0 aliphatic heterocycles. The molecule has 0 saturated carbocycles. The molecule has 0 fully saturated rings. The molecule has 0 bridgehead atoms. The number of Topliss-reactive ketones (excluding diaryl/α,β-unsaturated/α-hetero) is 2. The summed E-state index contributed by atoms with van der Waals surface area (Å²) in [7, 11) is 0. The highest BCUT2D eigenvalue weighted by atomic mass is 16.6. The Balaban J connectivity index is 4.75. The van der Waals surface area contributed by atoms with Gasteiger partial charge in [-0.25, -0.2) is 9.59 Å². The minimum atomic E-state index is -0.917. The van der Waals surface area contributed by atoms with Crippen LogP contribution >= 0.6 is 0 Å². The zero-order valence-corrected chi connectivity index (χ0v) is 20.9. The zero-order valence-electron chi connectivity index (χ0n) is 20.9. The van der Waals surface area contributed by atoms with Crippen LogP contribution in [-0.2, 0) is 19.1 Å². The first-order valence-electron chi connectivity index (χ1n) is 11.0. The molecule has 8 nitrogen and oxygen atoms in total. The van der Waals surface area contributed by atoms with Crippen molar-refractivity contribution in [2.75, 3.05) is 6.61 Å². The van der Waals surface area contributed by atoms with Gasteiger partial charge < -0.3 is 20.1 Å². The first-order chi connectivity index (χ1) is 14.0. The lowest BCUT2D eigenvalue weighted by Gasteiger charge is -2.29. The second-order valence-corrected chi connectivity index (χ2v) is 10.1. The van der Waals surface area contributed by atoms with Gasteiger partial charge in [0, 0.05) is 11.8 Å². The molecule has 1 unspecified atom stereocenters. The van der Waals surface area contributed by atoms with E-state index >= 15 is 0 Å². The summed E-state index contributed by atoms with van der Waals surface area (Å²) in [5.41, 5.74) is -1.50. The first kappa shape index (κ1) is 28.9. The summed E-state index contributed by atoms with van der Waals surface area (Å²) in [6, 6.07) is -1.25. The van der Waals surface area contributed by atoms with E-state index in [1.54, 1.807) is 13.8 Å². The lowest BCUT2D eigenvalue weighted by Crippen LogP contribution is -2.49. The Kier molecular flexibility index (Phi) is 11.2. The highest BCUT2D eigenvalue weighted by molar-refractivity contribution is 5.91. The Morgan fingerprint density at radius 2 is 1.39 bits per heavy atom. The van der Waals surface area contributed by atoms with Crippen LogP contribution in [0.15, 0.2) is 0 Å². The third-order valence-corrected chi connectivity index (χ3v) is 5.19. The van der Waals surface area contributed by atoms with E-state index in [4.69, 9.17) is 9.47 Å². The molecule has 0 aliphatic carbocycles. The maximum atomic E-state index is 12.7. The van der Waals surface area contributed by atoms with E-state index in [9.17, 15) is 19.2 Å².